The molecular weight excluding hydrogens is 232 g/mol. The van der Waals surface area contributed by atoms with Crippen LogP contribution in [0.3, 0.4) is 0 Å². The Hall–Kier alpha value is 0.400. The molecule has 0 aromatic carbocycles. The Morgan fingerprint density at radius 2 is 1.54 bits per heavy atom. The van der Waals surface area contributed by atoms with Gasteiger partial charge < -0.3 is 9.47 Å². The van der Waals surface area contributed by atoms with Crippen molar-refractivity contribution in [1.29, 1.82) is 0 Å². The van der Waals surface area contributed by atoms with Crippen LogP contribution in [-0.4, -0.2) is 31.8 Å². The van der Waals surface area contributed by atoms with Gasteiger partial charge in [-0.15, -0.1) is 0 Å². The highest BCUT2D eigenvalue weighted by Crippen LogP contribution is 2.01. The summed E-state index contributed by atoms with van der Waals surface area (Å²) in [6, 6.07) is 0. The van der Waals surface area contributed by atoms with E-state index in [1.807, 2.05) is 6.92 Å². The van der Waals surface area contributed by atoms with Gasteiger partial charge in [-0.25, -0.2) is 0 Å². The minimum atomic E-state index is 0.734. The van der Waals surface area contributed by atoms with E-state index in [1.54, 1.807) is 0 Å². The second-order valence-electron chi connectivity index (χ2n) is 2.91. The van der Waals surface area contributed by atoms with Crippen LogP contribution in [-0.2, 0) is 9.47 Å². The van der Waals surface area contributed by atoms with Crippen molar-refractivity contribution in [1.82, 2.24) is 0 Å². The van der Waals surface area contributed by atoms with Crippen molar-refractivity contribution in [3.05, 3.63) is 0 Å². The quantitative estimate of drug-likeness (QED) is 0.440. The molecule has 0 bridgehead atoms. The highest BCUT2D eigenvalue weighted by Gasteiger charge is 1.90. The molecule has 0 unspecified atom stereocenters. The molecule has 0 saturated carbocycles. The van der Waals surface area contributed by atoms with Gasteiger partial charge >= 0.3 is 0 Å². The summed E-state index contributed by atoms with van der Waals surface area (Å²) in [5.74, 6) is 0. The minimum Gasteiger partial charge on any atom is -0.379 e. The van der Waals surface area contributed by atoms with Crippen molar-refractivity contribution in [2.24, 2.45) is 0 Å². The van der Waals surface area contributed by atoms with E-state index in [0.29, 0.717) is 0 Å². The second kappa shape index (κ2) is 12.4. The maximum atomic E-state index is 5.38. The number of ether oxygens (including phenoxy) is 2. The zero-order valence-electron chi connectivity index (χ0n) is 8.56. The van der Waals surface area contributed by atoms with E-state index >= 15 is 0 Å². The van der Waals surface area contributed by atoms with Gasteiger partial charge in [0.05, 0.1) is 13.2 Å². The van der Waals surface area contributed by atoms with E-state index in [9.17, 15) is 0 Å². The molecule has 2 nitrogen and oxygen atoms in total. The van der Waals surface area contributed by atoms with E-state index in [1.165, 1.54) is 25.7 Å². The van der Waals surface area contributed by atoms with Gasteiger partial charge in [0, 0.05) is 18.5 Å². The second-order valence-corrected chi connectivity index (χ2v) is 3.71. The smallest absolute Gasteiger partial charge is 0.0700 e. The third-order valence-corrected chi connectivity index (χ3v) is 2.31. The van der Waals surface area contributed by atoms with Gasteiger partial charge in [-0.2, -0.15) is 0 Å². The minimum absolute atomic E-state index is 0.734. The van der Waals surface area contributed by atoms with Gasteiger partial charge in [0.2, 0.25) is 0 Å². The first kappa shape index (κ1) is 13.4. The highest BCUT2D eigenvalue weighted by atomic mass is 79.9. The molecule has 0 spiro atoms. The fourth-order valence-electron chi connectivity index (χ4n) is 1.02. The molecule has 0 aliphatic rings. The Bertz CT molecular complexity index is 79.0. The number of hydrogen-bond acceptors (Lipinski definition) is 2. The molecule has 0 saturated heterocycles. The molecule has 0 heterocycles. The Morgan fingerprint density at radius 1 is 0.846 bits per heavy atom. The molecule has 0 aliphatic carbocycles. The van der Waals surface area contributed by atoms with E-state index in [0.717, 1.165) is 31.8 Å². The van der Waals surface area contributed by atoms with Gasteiger partial charge in [0.1, 0.15) is 0 Å². The Labute approximate surface area is 90.1 Å². The first-order valence-corrected chi connectivity index (χ1v) is 6.25. The van der Waals surface area contributed by atoms with Gasteiger partial charge in [-0.3, -0.25) is 0 Å². The van der Waals surface area contributed by atoms with Crippen molar-refractivity contribution >= 4 is 15.9 Å². The largest absolute Gasteiger partial charge is 0.379 e. The molecule has 13 heavy (non-hydrogen) atoms. The Kier molecular flexibility index (Phi) is 12.8. The van der Waals surface area contributed by atoms with Crippen LogP contribution in [0.2, 0.25) is 0 Å². The standard InChI is InChI=1S/C10H21BrO2/c1-2-12-9-10-13-8-6-4-3-5-7-11/h2-10H2,1H3. The summed E-state index contributed by atoms with van der Waals surface area (Å²) in [5, 5.41) is 1.12. The van der Waals surface area contributed by atoms with Gasteiger partial charge in [0.25, 0.3) is 0 Å². The van der Waals surface area contributed by atoms with Crippen molar-refractivity contribution in [2.75, 3.05) is 31.8 Å². The van der Waals surface area contributed by atoms with E-state index in [-0.39, 0.29) is 0 Å². The molecule has 0 N–H and O–H groups in total. The van der Waals surface area contributed by atoms with Crippen LogP contribution < -0.4 is 0 Å². The lowest BCUT2D eigenvalue weighted by Gasteiger charge is -2.03. The van der Waals surface area contributed by atoms with Crippen LogP contribution in [0.15, 0.2) is 0 Å². The van der Waals surface area contributed by atoms with Crippen LogP contribution in [0.1, 0.15) is 32.6 Å². The number of rotatable bonds is 10. The fourth-order valence-corrected chi connectivity index (χ4v) is 1.41. The van der Waals surface area contributed by atoms with E-state index in [4.69, 9.17) is 9.47 Å². The van der Waals surface area contributed by atoms with E-state index in [2.05, 4.69) is 15.9 Å². The summed E-state index contributed by atoms with van der Waals surface area (Å²) >= 11 is 3.41. The number of halogens is 1. The zero-order valence-corrected chi connectivity index (χ0v) is 10.1. The van der Waals surface area contributed by atoms with Crippen molar-refractivity contribution < 1.29 is 9.47 Å². The molecule has 0 aromatic rings. The van der Waals surface area contributed by atoms with Crippen LogP contribution in [0.5, 0.6) is 0 Å². The van der Waals surface area contributed by atoms with Gasteiger partial charge in [-0.05, 0) is 19.8 Å². The summed E-state index contributed by atoms with van der Waals surface area (Å²) in [7, 11) is 0. The molecular formula is C10H21BrO2. The monoisotopic (exact) mass is 252 g/mol. The molecule has 0 radical (unpaired) electrons. The summed E-state index contributed by atoms with van der Waals surface area (Å²) in [5.41, 5.74) is 0. The number of hydrogen-bond donors (Lipinski definition) is 0. The summed E-state index contributed by atoms with van der Waals surface area (Å²) < 4.78 is 10.5. The van der Waals surface area contributed by atoms with Crippen molar-refractivity contribution in [2.45, 2.75) is 32.6 Å². The fraction of sp³-hybridized carbons (Fsp3) is 1.00. The van der Waals surface area contributed by atoms with Crippen LogP contribution in [0.25, 0.3) is 0 Å². The Balaban J connectivity index is 2.76. The SMILES string of the molecule is CCOCCOCCCCCCBr. The number of unbranched alkanes of at least 4 members (excludes halogenated alkanes) is 3. The van der Waals surface area contributed by atoms with Gasteiger partial charge in [0.15, 0.2) is 0 Å². The normalized spacial score (nSPS) is 10.6. The molecule has 0 rings (SSSR count). The maximum Gasteiger partial charge on any atom is 0.0700 e. The lowest BCUT2D eigenvalue weighted by atomic mass is 10.2. The average Bonchev–Trinajstić information content (AvgIpc) is 2.16. The molecule has 0 aliphatic heterocycles. The summed E-state index contributed by atoms with van der Waals surface area (Å²) in [4.78, 5) is 0. The topological polar surface area (TPSA) is 18.5 Å². The number of alkyl halides is 1. The highest BCUT2D eigenvalue weighted by molar-refractivity contribution is 9.09. The lowest BCUT2D eigenvalue weighted by Crippen LogP contribution is -2.04. The predicted molar refractivity (Wildman–Crippen MR) is 59.6 cm³/mol. The Morgan fingerprint density at radius 3 is 2.23 bits per heavy atom. The van der Waals surface area contributed by atoms with Crippen LogP contribution in [0, 0.1) is 0 Å². The third kappa shape index (κ3) is 12.4. The van der Waals surface area contributed by atoms with E-state index < -0.39 is 0 Å². The summed E-state index contributed by atoms with van der Waals surface area (Å²) in [6.45, 7) is 5.15. The molecule has 0 aromatic heterocycles. The third-order valence-electron chi connectivity index (χ3n) is 1.75. The molecule has 0 fully saturated rings. The molecule has 80 valence electrons. The first-order chi connectivity index (χ1) is 6.41. The van der Waals surface area contributed by atoms with Crippen molar-refractivity contribution in [3.8, 4) is 0 Å². The van der Waals surface area contributed by atoms with Crippen molar-refractivity contribution in [3.63, 3.8) is 0 Å². The molecule has 0 amide bonds. The zero-order chi connectivity index (χ0) is 9.78. The molecule has 3 heteroatoms. The summed E-state index contributed by atoms with van der Waals surface area (Å²) in [6.07, 6.45) is 5.04. The lowest BCUT2D eigenvalue weighted by molar-refractivity contribution is 0.0513. The van der Waals surface area contributed by atoms with Gasteiger partial charge in [-0.1, -0.05) is 28.8 Å². The first-order valence-electron chi connectivity index (χ1n) is 5.13. The predicted octanol–water partition coefficient (Wildman–Crippen LogP) is 2.99. The van der Waals surface area contributed by atoms with Crippen LogP contribution >= 0.6 is 15.9 Å². The molecule has 0 atom stereocenters. The van der Waals surface area contributed by atoms with Crippen LogP contribution in [0.4, 0.5) is 0 Å². The average molecular weight is 253 g/mol. The maximum absolute atomic E-state index is 5.38.